The number of fused-ring (bicyclic) bond motifs is 1. The number of aromatic nitrogens is 3. The quantitative estimate of drug-likeness (QED) is 0.817. The number of hydrogen-bond acceptors (Lipinski definition) is 3. The Hall–Kier alpha value is -2.36. The maximum absolute atomic E-state index is 4.61. The highest BCUT2D eigenvalue weighted by Crippen LogP contribution is 2.26. The first-order chi connectivity index (χ1) is 9.79. The normalized spacial score (nSPS) is 20.8. The van der Waals surface area contributed by atoms with Crippen LogP contribution in [0.5, 0.6) is 0 Å². The summed E-state index contributed by atoms with van der Waals surface area (Å²) in [5.41, 5.74) is 5.01. The monoisotopic (exact) mass is 266 g/mol. The van der Waals surface area contributed by atoms with Crippen LogP contribution in [0, 0.1) is 6.92 Å². The molecule has 2 aromatic heterocycles. The van der Waals surface area contributed by atoms with E-state index >= 15 is 0 Å². The van der Waals surface area contributed by atoms with Gasteiger partial charge in [0, 0.05) is 18.8 Å². The molecule has 0 amide bonds. The third kappa shape index (κ3) is 2.25. The summed E-state index contributed by atoms with van der Waals surface area (Å²) in [5.74, 6) is 0.876. The third-order valence-corrected chi connectivity index (χ3v) is 3.44. The predicted molar refractivity (Wildman–Crippen MR) is 83.7 cm³/mol. The number of aryl methyl sites for hydroxylation is 1. The van der Waals surface area contributed by atoms with Crippen LogP contribution in [-0.2, 0) is 0 Å². The fourth-order valence-corrected chi connectivity index (χ4v) is 2.42. The van der Waals surface area contributed by atoms with Gasteiger partial charge in [0.25, 0.3) is 0 Å². The van der Waals surface area contributed by atoms with Crippen LogP contribution in [0.1, 0.15) is 24.2 Å². The molecular formula is C16H18N4. The maximum atomic E-state index is 4.61. The zero-order chi connectivity index (χ0) is 13.9. The summed E-state index contributed by atoms with van der Waals surface area (Å²) < 4.78 is 0. The molecule has 0 aliphatic heterocycles. The van der Waals surface area contributed by atoms with E-state index in [1.807, 2.05) is 20.2 Å². The summed E-state index contributed by atoms with van der Waals surface area (Å²) in [7, 11) is 1.92. The van der Waals surface area contributed by atoms with Gasteiger partial charge in [-0.05, 0) is 25.3 Å². The fraction of sp³-hybridized carbons (Fsp3) is 0.250. The summed E-state index contributed by atoms with van der Waals surface area (Å²) in [6, 6.07) is 0. The lowest BCUT2D eigenvalue weighted by Crippen LogP contribution is -1.94. The lowest BCUT2D eigenvalue weighted by atomic mass is 10.1. The van der Waals surface area contributed by atoms with Crippen LogP contribution < -0.4 is 5.32 Å². The summed E-state index contributed by atoms with van der Waals surface area (Å²) in [5, 5.41) is 3.22. The van der Waals surface area contributed by atoms with E-state index in [2.05, 4.69) is 50.6 Å². The second-order valence-corrected chi connectivity index (χ2v) is 4.85. The minimum absolute atomic E-state index is 0.752. The third-order valence-electron chi connectivity index (χ3n) is 3.44. The molecule has 4 nitrogen and oxygen atoms in total. The molecule has 1 aliphatic carbocycles. The van der Waals surface area contributed by atoms with Gasteiger partial charge >= 0.3 is 0 Å². The van der Waals surface area contributed by atoms with E-state index in [9.17, 15) is 0 Å². The van der Waals surface area contributed by atoms with Gasteiger partial charge in [-0.15, -0.1) is 0 Å². The SMILES string of the molecule is CNc1c(C)cnc2nc(C3=C/C/C=C\C/C=C\3)[nH]c12. The van der Waals surface area contributed by atoms with Crippen molar-refractivity contribution in [3.05, 3.63) is 48.0 Å². The Morgan fingerprint density at radius 3 is 2.90 bits per heavy atom. The van der Waals surface area contributed by atoms with Crippen molar-refractivity contribution in [2.75, 3.05) is 12.4 Å². The molecule has 0 saturated heterocycles. The molecule has 1 aliphatic rings. The zero-order valence-electron chi connectivity index (χ0n) is 11.8. The van der Waals surface area contributed by atoms with Crippen LogP contribution in [0.3, 0.4) is 0 Å². The van der Waals surface area contributed by atoms with E-state index in [0.29, 0.717) is 0 Å². The first-order valence-corrected chi connectivity index (χ1v) is 6.84. The van der Waals surface area contributed by atoms with Crippen molar-refractivity contribution in [2.45, 2.75) is 19.8 Å². The van der Waals surface area contributed by atoms with E-state index in [0.717, 1.165) is 46.7 Å². The summed E-state index contributed by atoms with van der Waals surface area (Å²) >= 11 is 0. The van der Waals surface area contributed by atoms with Crippen LogP contribution in [-0.4, -0.2) is 22.0 Å². The number of allylic oxidation sites excluding steroid dienone is 6. The molecule has 0 radical (unpaired) electrons. The number of aromatic amines is 1. The molecule has 0 unspecified atom stereocenters. The first-order valence-electron chi connectivity index (χ1n) is 6.84. The van der Waals surface area contributed by atoms with Gasteiger partial charge in [0.2, 0.25) is 0 Å². The molecule has 0 bridgehead atoms. The highest BCUT2D eigenvalue weighted by atomic mass is 15.0. The van der Waals surface area contributed by atoms with Crippen molar-refractivity contribution in [3.63, 3.8) is 0 Å². The lowest BCUT2D eigenvalue weighted by molar-refractivity contribution is 1.22. The van der Waals surface area contributed by atoms with E-state index in [4.69, 9.17) is 0 Å². The van der Waals surface area contributed by atoms with E-state index in [1.54, 1.807) is 0 Å². The molecule has 0 spiro atoms. The molecule has 0 saturated carbocycles. The molecule has 2 heterocycles. The average molecular weight is 266 g/mol. The molecule has 20 heavy (non-hydrogen) atoms. The van der Waals surface area contributed by atoms with Crippen molar-refractivity contribution in [3.8, 4) is 0 Å². The molecule has 102 valence electrons. The Morgan fingerprint density at radius 1 is 1.20 bits per heavy atom. The Kier molecular flexibility index (Phi) is 3.37. The van der Waals surface area contributed by atoms with Gasteiger partial charge in [0.1, 0.15) is 11.3 Å². The zero-order valence-corrected chi connectivity index (χ0v) is 11.8. The van der Waals surface area contributed by atoms with Crippen molar-refractivity contribution in [1.82, 2.24) is 15.0 Å². The Labute approximate surface area is 118 Å². The second-order valence-electron chi connectivity index (χ2n) is 4.85. The smallest absolute Gasteiger partial charge is 0.180 e. The second kappa shape index (κ2) is 5.33. The topological polar surface area (TPSA) is 53.6 Å². The predicted octanol–water partition coefficient (Wildman–Crippen LogP) is 3.60. The van der Waals surface area contributed by atoms with Gasteiger partial charge in [0.05, 0.1) is 5.69 Å². The minimum Gasteiger partial charge on any atom is -0.386 e. The van der Waals surface area contributed by atoms with Crippen molar-refractivity contribution in [1.29, 1.82) is 0 Å². The van der Waals surface area contributed by atoms with E-state index in [-0.39, 0.29) is 0 Å². The first kappa shape index (κ1) is 12.7. The van der Waals surface area contributed by atoms with Crippen molar-refractivity contribution < 1.29 is 0 Å². The van der Waals surface area contributed by atoms with Gasteiger partial charge < -0.3 is 10.3 Å². The van der Waals surface area contributed by atoms with Gasteiger partial charge in [-0.2, -0.15) is 0 Å². The van der Waals surface area contributed by atoms with Crippen LogP contribution >= 0.6 is 0 Å². The van der Waals surface area contributed by atoms with Gasteiger partial charge in [-0.1, -0.05) is 30.4 Å². The van der Waals surface area contributed by atoms with Gasteiger partial charge in [-0.3, -0.25) is 0 Å². The molecular weight excluding hydrogens is 248 g/mol. The van der Waals surface area contributed by atoms with Crippen LogP contribution in [0.25, 0.3) is 16.7 Å². The summed E-state index contributed by atoms with van der Waals surface area (Å²) in [6.07, 6.45) is 14.5. The molecule has 4 heteroatoms. The van der Waals surface area contributed by atoms with Crippen molar-refractivity contribution >= 4 is 22.4 Å². The highest BCUT2D eigenvalue weighted by Gasteiger charge is 2.11. The van der Waals surface area contributed by atoms with Crippen LogP contribution in [0.4, 0.5) is 5.69 Å². The van der Waals surface area contributed by atoms with Crippen molar-refractivity contribution in [2.24, 2.45) is 0 Å². The Bertz CT molecular complexity index is 719. The number of pyridine rings is 1. The lowest BCUT2D eigenvalue weighted by Gasteiger charge is -2.04. The van der Waals surface area contributed by atoms with Crippen LogP contribution in [0.2, 0.25) is 0 Å². The molecule has 0 atom stereocenters. The number of H-pyrrole nitrogens is 1. The fourth-order valence-electron chi connectivity index (χ4n) is 2.42. The Morgan fingerprint density at radius 2 is 2.05 bits per heavy atom. The number of hydrogen-bond donors (Lipinski definition) is 2. The highest BCUT2D eigenvalue weighted by molar-refractivity contribution is 5.89. The summed E-state index contributed by atoms with van der Waals surface area (Å²) in [4.78, 5) is 12.4. The van der Waals surface area contributed by atoms with E-state index < -0.39 is 0 Å². The molecule has 0 aromatic carbocycles. The van der Waals surface area contributed by atoms with Gasteiger partial charge in [-0.25, -0.2) is 9.97 Å². The average Bonchev–Trinajstić information content (AvgIpc) is 2.82. The van der Waals surface area contributed by atoms with Crippen LogP contribution in [0.15, 0.2) is 36.6 Å². The van der Waals surface area contributed by atoms with E-state index in [1.165, 1.54) is 0 Å². The molecule has 2 aromatic rings. The number of rotatable bonds is 2. The van der Waals surface area contributed by atoms with Gasteiger partial charge in [0.15, 0.2) is 5.65 Å². The molecule has 2 N–H and O–H groups in total. The number of nitrogens with zero attached hydrogens (tertiary/aromatic N) is 2. The molecule has 0 fully saturated rings. The maximum Gasteiger partial charge on any atom is 0.180 e. The number of imidazole rings is 1. The largest absolute Gasteiger partial charge is 0.386 e. The number of anilines is 1. The minimum atomic E-state index is 0.752. The molecule has 3 rings (SSSR count). The standard InChI is InChI=1S/C16H18N4/c1-11-10-18-16-14(13(11)17-2)19-15(20-16)12-8-6-4-3-5-7-9-12/h3-4,7-10H,5-6H2,1-2H3,(H2,17,18,19,20)/b4-3-,9-7-,12-8+. The number of nitrogens with one attached hydrogen (secondary N) is 2. The Balaban J connectivity index is 2.11. The summed E-state index contributed by atoms with van der Waals surface area (Å²) in [6.45, 7) is 2.04.